The third-order valence-corrected chi connectivity index (χ3v) is 4.11. The van der Waals surface area contributed by atoms with Gasteiger partial charge in [-0.3, -0.25) is 4.79 Å². The van der Waals surface area contributed by atoms with E-state index in [-0.39, 0.29) is 17.3 Å². The number of ether oxygens (including phenoxy) is 1. The molecule has 1 fully saturated rings. The molecule has 1 aliphatic rings. The van der Waals surface area contributed by atoms with E-state index in [1.54, 1.807) is 0 Å². The maximum Gasteiger partial charge on any atom is 0.309 e. The molecule has 1 rings (SSSR count). The van der Waals surface area contributed by atoms with Crippen LogP contribution in [0.5, 0.6) is 0 Å². The van der Waals surface area contributed by atoms with Crippen molar-refractivity contribution >= 4 is 5.97 Å². The van der Waals surface area contributed by atoms with Gasteiger partial charge in [0.25, 0.3) is 0 Å². The van der Waals surface area contributed by atoms with Crippen LogP contribution >= 0.6 is 0 Å². The number of esters is 1. The Labute approximate surface area is 87.0 Å². The van der Waals surface area contributed by atoms with Gasteiger partial charge in [-0.2, -0.15) is 0 Å². The minimum Gasteiger partial charge on any atom is -0.466 e. The summed E-state index contributed by atoms with van der Waals surface area (Å²) >= 11 is 0. The molecule has 3 atom stereocenters. The Bertz CT molecular complexity index is 212. The Morgan fingerprint density at radius 1 is 1.64 bits per heavy atom. The molecule has 0 bridgehead atoms. The summed E-state index contributed by atoms with van der Waals surface area (Å²) in [6.45, 7) is 8.85. The van der Waals surface area contributed by atoms with Gasteiger partial charge < -0.3 is 4.74 Å². The Morgan fingerprint density at radius 3 is 2.71 bits per heavy atom. The van der Waals surface area contributed by atoms with Crippen LogP contribution in [0.3, 0.4) is 0 Å². The topological polar surface area (TPSA) is 26.3 Å². The molecule has 0 aromatic heterocycles. The second-order valence-electron chi connectivity index (χ2n) is 4.77. The van der Waals surface area contributed by atoms with Gasteiger partial charge in [0.2, 0.25) is 0 Å². The first-order chi connectivity index (χ1) is 6.52. The van der Waals surface area contributed by atoms with Gasteiger partial charge in [0.05, 0.1) is 12.5 Å². The molecule has 0 radical (unpaired) electrons. The molecule has 0 aliphatic heterocycles. The SMILES string of the molecule is CCOC(=O)C(C)C1(C)CCCC1C. The maximum absolute atomic E-state index is 11.7. The molecule has 0 spiro atoms. The lowest BCUT2D eigenvalue weighted by Gasteiger charge is -2.34. The third kappa shape index (κ3) is 1.94. The minimum atomic E-state index is -0.0243. The Kier molecular flexibility index (Phi) is 3.57. The van der Waals surface area contributed by atoms with Gasteiger partial charge >= 0.3 is 5.97 Å². The van der Waals surface area contributed by atoms with E-state index >= 15 is 0 Å². The lowest BCUT2D eigenvalue weighted by Crippen LogP contribution is -2.34. The number of hydrogen-bond acceptors (Lipinski definition) is 2. The van der Waals surface area contributed by atoms with Crippen LogP contribution < -0.4 is 0 Å². The standard InChI is InChI=1S/C12H22O2/c1-5-14-11(13)10(3)12(4)8-6-7-9(12)2/h9-10H,5-8H2,1-4H3. The molecule has 0 heterocycles. The molecule has 0 amide bonds. The molecule has 3 unspecified atom stereocenters. The van der Waals surface area contributed by atoms with Crippen LogP contribution in [0.15, 0.2) is 0 Å². The zero-order chi connectivity index (χ0) is 10.8. The average molecular weight is 198 g/mol. The van der Waals surface area contributed by atoms with E-state index in [9.17, 15) is 4.79 Å². The molecular formula is C12H22O2. The van der Waals surface area contributed by atoms with Gasteiger partial charge in [-0.05, 0) is 24.7 Å². The fraction of sp³-hybridized carbons (Fsp3) is 0.917. The van der Waals surface area contributed by atoms with Gasteiger partial charge in [-0.1, -0.05) is 33.6 Å². The minimum absolute atomic E-state index is 0.0243. The summed E-state index contributed by atoms with van der Waals surface area (Å²) in [5, 5.41) is 0. The van der Waals surface area contributed by atoms with Crippen molar-refractivity contribution in [2.24, 2.45) is 17.3 Å². The maximum atomic E-state index is 11.7. The lowest BCUT2D eigenvalue weighted by atomic mass is 9.71. The van der Waals surface area contributed by atoms with E-state index in [4.69, 9.17) is 4.74 Å². The van der Waals surface area contributed by atoms with Gasteiger partial charge in [-0.25, -0.2) is 0 Å². The van der Waals surface area contributed by atoms with E-state index < -0.39 is 0 Å². The van der Waals surface area contributed by atoms with Crippen molar-refractivity contribution in [3.05, 3.63) is 0 Å². The number of carbonyl (C=O) groups excluding carboxylic acids is 1. The Balaban J connectivity index is 2.66. The smallest absolute Gasteiger partial charge is 0.309 e. The number of rotatable bonds is 3. The highest BCUT2D eigenvalue weighted by atomic mass is 16.5. The summed E-state index contributed by atoms with van der Waals surface area (Å²) in [5.74, 6) is 0.658. The molecule has 0 N–H and O–H groups in total. The van der Waals surface area contributed by atoms with Crippen LogP contribution in [0.25, 0.3) is 0 Å². The van der Waals surface area contributed by atoms with E-state index in [1.165, 1.54) is 12.8 Å². The van der Waals surface area contributed by atoms with E-state index in [0.717, 1.165) is 6.42 Å². The molecule has 2 nitrogen and oxygen atoms in total. The molecular weight excluding hydrogens is 176 g/mol. The first kappa shape index (κ1) is 11.5. The molecule has 82 valence electrons. The molecule has 0 aromatic carbocycles. The highest BCUT2D eigenvalue weighted by molar-refractivity contribution is 5.73. The fourth-order valence-corrected chi connectivity index (χ4v) is 2.55. The summed E-state index contributed by atoms with van der Waals surface area (Å²) in [7, 11) is 0. The molecule has 1 aliphatic carbocycles. The van der Waals surface area contributed by atoms with Crippen molar-refractivity contribution in [2.45, 2.75) is 47.0 Å². The summed E-state index contributed by atoms with van der Waals surface area (Å²) in [6.07, 6.45) is 3.66. The summed E-state index contributed by atoms with van der Waals surface area (Å²) in [6, 6.07) is 0. The fourth-order valence-electron chi connectivity index (χ4n) is 2.55. The van der Waals surface area contributed by atoms with Crippen LogP contribution in [0.1, 0.15) is 47.0 Å². The van der Waals surface area contributed by atoms with E-state index in [0.29, 0.717) is 12.5 Å². The number of carbonyl (C=O) groups is 1. The molecule has 1 saturated carbocycles. The highest BCUT2D eigenvalue weighted by Crippen LogP contribution is 2.48. The second kappa shape index (κ2) is 4.33. The predicted octanol–water partition coefficient (Wildman–Crippen LogP) is 3.01. The molecule has 0 saturated heterocycles. The van der Waals surface area contributed by atoms with Crippen molar-refractivity contribution in [3.63, 3.8) is 0 Å². The first-order valence-electron chi connectivity index (χ1n) is 5.69. The van der Waals surface area contributed by atoms with Crippen molar-refractivity contribution in [2.75, 3.05) is 6.61 Å². The van der Waals surface area contributed by atoms with Crippen LogP contribution in [0.2, 0.25) is 0 Å². The third-order valence-electron chi connectivity index (χ3n) is 4.11. The summed E-state index contributed by atoms with van der Waals surface area (Å²) < 4.78 is 5.09. The first-order valence-corrected chi connectivity index (χ1v) is 5.69. The van der Waals surface area contributed by atoms with Gasteiger partial charge in [0.15, 0.2) is 0 Å². The van der Waals surface area contributed by atoms with Crippen LogP contribution in [0.4, 0.5) is 0 Å². The molecule has 2 heteroatoms. The highest BCUT2D eigenvalue weighted by Gasteiger charge is 2.43. The van der Waals surface area contributed by atoms with Crippen LogP contribution in [-0.2, 0) is 9.53 Å². The second-order valence-corrected chi connectivity index (χ2v) is 4.77. The van der Waals surface area contributed by atoms with Crippen molar-refractivity contribution < 1.29 is 9.53 Å². The lowest BCUT2D eigenvalue weighted by molar-refractivity contribution is -0.152. The zero-order valence-electron chi connectivity index (χ0n) is 9.80. The Hall–Kier alpha value is -0.530. The molecule has 14 heavy (non-hydrogen) atoms. The predicted molar refractivity (Wildman–Crippen MR) is 56.9 cm³/mol. The average Bonchev–Trinajstić information content (AvgIpc) is 2.47. The van der Waals surface area contributed by atoms with Crippen LogP contribution in [-0.4, -0.2) is 12.6 Å². The van der Waals surface area contributed by atoms with Gasteiger partial charge in [0, 0.05) is 0 Å². The van der Waals surface area contributed by atoms with Gasteiger partial charge in [0.1, 0.15) is 0 Å². The van der Waals surface area contributed by atoms with Crippen LogP contribution in [0, 0.1) is 17.3 Å². The zero-order valence-corrected chi connectivity index (χ0v) is 9.80. The van der Waals surface area contributed by atoms with E-state index in [1.807, 2.05) is 13.8 Å². The van der Waals surface area contributed by atoms with Crippen molar-refractivity contribution in [1.29, 1.82) is 0 Å². The Morgan fingerprint density at radius 2 is 2.29 bits per heavy atom. The largest absolute Gasteiger partial charge is 0.466 e. The van der Waals surface area contributed by atoms with Gasteiger partial charge in [-0.15, -0.1) is 0 Å². The quantitative estimate of drug-likeness (QED) is 0.652. The summed E-state index contributed by atoms with van der Waals surface area (Å²) in [5.41, 5.74) is 0.159. The van der Waals surface area contributed by atoms with E-state index in [2.05, 4.69) is 13.8 Å². The monoisotopic (exact) mass is 198 g/mol. The van der Waals surface area contributed by atoms with Crippen molar-refractivity contribution in [3.8, 4) is 0 Å². The number of hydrogen-bond donors (Lipinski definition) is 0. The summed E-state index contributed by atoms with van der Waals surface area (Å²) in [4.78, 5) is 11.7. The molecule has 0 aromatic rings. The normalized spacial score (nSPS) is 34.1. The van der Waals surface area contributed by atoms with Crippen molar-refractivity contribution in [1.82, 2.24) is 0 Å².